The van der Waals surface area contributed by atoms with Gasteiger partial charge in [0.2, 0.25) is 5.82 Å². The van der Waals surface area contributed by atoms with Crippen molar-refractivity contribution in [2.45, 2.75) is 31.6 Å². The highest BCUT2D eigenvalue weighted by molar-refractivity contribution is 7.92. The van der Waals surface area contributed by atoms with Gasteiger partial charge in [-0.05, 0) is 25.5 Å². The molecule has 0 fully saturated rings. The van der Waals surface area contributed by atoms with Crippen LogP contribution >= 0.6 is 0 Å². The summed E-state index contributed by atoms with van der Waals surface area (Å²) in [4.78, 5) is 8.21. The number of aryl methyl sites for hydroxylation is 1. The van der Waals surface area contributed by atoms with Crippen molar-refractivity contribution in [3.05, 3.63) is 42.2 Å². The molecule has 0 bridgehead atoms. The molecule has 0 saturated carbocycles. The van der Waals surface area contributed by atoms with Crippen LogP contribution in [0.5, 0.6) is 5.88 Å². The van der Waals surface area contributed by atoms with Crippen LogP contribution in [0.2, 0.25) is 0 Å². The molecule has 0 spiro atoms. The third kappa shape index (κ3) is 4.17. The zero-order valence-corrected chi connectivity index (χ0v) is 13.4. The second-order valence-electron chi connectivity index (χ2n) is 4.83. The predicted octanol–water partition coefficient (Wildman–Crippen LogP) is 2.76. The van der Waals surface area contributed by atoms with Crippen LogP contribution < -0.4 is 9.46 Å². The zero-order chi connectivity index (χ0) is 16.0. The highest BCUT2D eigenvalue weighted by Gasteiger charge is 2.18. The molecule has 1 N–H and O–H groups in total. The minimum atomic E-state index is -3.72. The molecule has 0 aliphatic heterocycles. The fourth-order valence-electron chi connectivity index (χ4n) is 1.72. The van der Waals surface area contributed by atoms with Gasteiger partial charge < -0.3 is 4.74 Å². The van der Waals surface area contributed by atoms with Crippen LogP contribution in [0.4, 0.5) is 5.82 Å². The van der Waals surface area contributed by atoms with E-state index in [1.165, 1.54) is 12.4 Å². The van der Waals surface area contributed by atoms with E-state index in [9.17, 15) is 8.42 Å². The predicted molar refractivity (Wildman–Crippen MR) is 84.4 cm³/mol. The fraction of sp³-hybridized carbons (Fsp3) is 0.333. The summed E-state index contributed by atoms with van der Waals surface area (Å²) in [6.07, 6.45) is 4.72. The molecule has 0 aliphatic rings. The standard InChI is InChI=1S/C15H19N3O3S/c1-3-4-11-21-15-14(16-9-10-17-15)18-22(19,20)13-7-5-12(2)6-8-13/h5-10H,3-4,11H2,1-2H3,(H,16,18). The number of nitrogens with zero attached hydrogens (tertiary/aromatic N) is 2. The first-order valence-electron chi connectivity index (χ1n) is 7.06. The Balaban J connectivity index is 2.20. The molecule has 0 aliphatic carbocycles. The molecule has 22 heavy (non-hydrogen) atoms. The summed E-state index contributed by atoms with van der Waals surface area (Å²) in [5.74, 6) is 0.283. The highest BCUT2D eigenvalue weighted by atomic mass is 32.2. The van der Waals surface area contributed by atoms with Gasteiger partial charge in [0.25, 0.3) is 15.9 Å². The van der Waals surface area contributed by atoms with Crippen LogP contribution in [0, 0.1) is 6.92 Å². The average molecular weight is 321 g/mol. The van der Waals surface area contributed by atoms with Crippen molar-refractivity contribution < 1.29 is 13.2 Å². The van der Waals surface area contributed by atoms with Gasteiger partial charge in [-0.1, -0.05) is 31.0 Å². The minimum Gasteiger partial charge on any atom is -0.475 e. The van der Waals surface area contributed by atoms with E-state index in [-0.39, 0.29) is 16.6 Å². The van der Waals surface area contributed by atoms with Crippen LogP contribution in [0.25, 0.3) is 0 Å². The molecule has 1 aromatic heterocycles. The van der Waals surface area contributed by atoms with Crippen LogP contribution in [0.1, 0.15) is 25.3 Å². The average Bonchev–Trinajstić information content (AvgIpc) is 2.49. The maximum atomic E-state index is 12.4. The van der Waals surface area contributed by atoms with E-state index in [1.807, 2.05) is 13.8 Å². The lowest BCUT2D eigenvalue weighted by Gasteiger charge is -2.11. The lowest BCUT2D eigenvalue weighted by Crippen LogP contribution is -2.15. The van der Waals surface area contributed by atoms with Gasteiger partial charge in [0.15, 0.2) is 0 Å². The third-order valence-electron chi connectivity index (χ3n) is 2.96. The second-order valence-corrected chi connectivity index (χ2v) is 6.51. The lowest BCUT2D eigenvalue weighted by atomic mass is 10.2. The SMILES string of the molecule is CCCCOc1nccnc1NS(=O)(=O)c1ccc(C)cc1. The van der Waals surface area contributed by atoms with Gasteiger partial charge in [0.05, 0.1) is 11.5 Å². The molecule has 2 rings (SSSR count). The van der Waals surface area contributed by atoms with E-state index in [1.54, 1.807) is 24.3 Å². The molecule has 0 saturated heterocycles. The van der Waals surface area contributed by atoms with E-state index in [0.717, 1.165) is 18.4 Å². The maximum Gasteiger partial charge on any atom is 0.263 e. The number of unbranched alkanes of at least 4 members (excludes halogenated alkanes) is 1. The van der Waals surface area contributed by atoms with Gasteiger partial charge in [-0.3, -0.25) is 4.72 Å². The third-order valence-corrected chi connectivity index (χ3v) is 4.32. The first-order chi connectivity index (χ1) is 10.5. The van der Waals surface area contributed by atoms with E-state index < -0.39 is 10.0 Å². The van der Waals surface area contributed by atoms with Crippen LogP contribution in [0.15, 0.2) is 41.6 Å². The monoisotopic (exact) mass is 321 g/mol. The van der Waals surface area contributed by atoms with Crippen molar-refractivity contribution >= 4 is 15.8 Å². The van der Waals surface area contributed by atoms with Crippen molar-refractivity contribution in [1.82, 2.24) is 9.97 Å². The quantitative estimate of drug-likeness (QED) is 0.793. The number of hydrogen-bond donors (Lipinski definition) is 1. The summed E-state index contributed by atoms with van der Waals surface area (Å²) in [5.41, 5.74) is 0.988. The molecular formula is C15H19N3O3S. The maximum absolute atomic E-state index is 12.4. The Morgan fingerprint density at radius 3 is 2.50 bits per heavy atom. The van der Waals surface area contributed by atoms with Crippen LogP contribution in [-0.4, -0.2) is 25.0 Å². The number of benzene rings is 1. The summed E-state index contributed by atoms with van der Waals surface area (Å²) in [5, 5.41) is 0. The minimum absolute atomic E-state index is 0.0965. The molecular weight excluding hydrogens is 302 g/mol. The van der Waals surface area contributed by atoms with Crippen molar-refractivity contribution in [1.29, 1.82) is 0 Å². The first-order valence-corrected chi connectivity index (χ1v) is 8.54. The highest BCUT2D eigenvalue weighted by Crippen LogP contribution is 2.22. The number of aromatic nitrogens is 2. The van der Waals surface area contributed by atoms with Crippen molar-refractivity contribution in [2.75, 3.05) is 11.3 Å². The molecule has 1 aromatic carbocycles. The first kappa shape index (κ1) is 16.2. The van der Waals surface area contributed by atoms with Crippen molar-refractivity contribution in [3.63, 3.8) is 0 Å². The Labute approximate surface area is 130 Å². The van der Waals surface area contributed by atoms with Crippen molar-refractivity contribution in [3.8, 4) is 5.88 Å². The van der Waals surface area contributed by atoms with Crippen molar-refractivity contribution in [2.24, 2.45) is 0 Å². The number of sulfonamides is 1. The Morgan fingerprint density at radius 2 is 1.82 bits per heavy atom. The van der Waals surface area contributed by atoms with E-state index in [0.29, 0.717) is 6.61 Å². The number of hydrogen-bond acceptors (Lipinski definition) is 5. The molecule has 0 unspecified atom stereocenters. The topological polar surface area (TPSA) is 81.2 Å². The fourth-order valence-corrected chi connectivity index (χ4v) is 2.72. The van der Waals surface area contributed by atoms with Crippen LogP contribution in [0.3, 0.4) is 0 Å². The van der Waals surface area contributed by atoms with E-state index in [4.69, 9.17) is 4.74 Å². The van der Waals surface area contributed by atoms with Gasteiger partial charge >= 0.3 is 0 Å². The Hall–Kier alpha value is -2.15. The van der Waals surface area contributed by atoms with Crippen LogP contribution in [-0.2, 0) is 10.0 Å². The molecule has 0 amide bonds. The Morgan fingerprint density at radius 1 is 1.14 bits per heavy atom. The molecule has 6 nitrogen and oxygen atoms in total. The molecule has 1 heterocycles. The summed E-state index contributed by atoms with van der Waals surface area (Å²) < 4.78 is 32.6. The summed E-state index contributed by atoms with van der Waals surface area (Å²) in [6, 6.07) is 6.57. The van der Waals surface area contributed by atoms with Gasteiger partial charge in [0, 0.05) is 12.4 Å². The Kier molecular flexibility index (Phi) is 5.32. The number of anilines is 1. The second kappa shape index (κ2) is 7.22. The Bertz CT molecular complexity index is 715. The number of rotatable bonds is 7. The molecule has 0 radical (unpaired) electrons. The van der Waals surface area contributed by atoms with E-state index in [2.05, 4.69) is 14.7 Å². The number of ether oxygens (including phenoxy) is 1. The molecule has 2 aromatic rings. The zero-order valence-electron chi connectivity index (χ0n) is 12.6. The summed E-state index contributed by atoms with van der Waals surface area (Å²) in [6.45, 7) is 4.40. The molecule has 118 valence electrons. The lowest BCUT2D eigenvalue weighted by molar-refractivity contribution is 0.298. The molecule has 0 atom stereocenters. The number of nitrogens with one attached hydrogen (secondary N) is 1. The van der Waals surface area contributed by atoms with Gasteiger partial charge in [-0.15, -0.1) is 0 Å². The normalized spacial score (nSPS) is 11.2. The summed E-state index contributed by atoms with van der Waals surface area (Å²) in [7, 11) is -3.72. The van der Waals surface area contributed by atoms with Gasteiger partial charge in [-0.2, -0.15) is 0 Å². The van der Waals surface area contributed by atoms with E-state index >= 15 is 0 Å². The summed E-state index contributed by atoms with van der Waals surface area (Å²) >= 11 is 0. The van der Waals surface area contributed by atoms with Gasteiger partial charge in [0.1, 0.15) is 0 Å². The smallest absolute Gasteiger partial charge is 0.263 e. The molecule has 7 heteroatoms. The van der Waals surface area contributed by atoms with Gasteiger partial charge in [-0.25, -0.2) is 18.4 Å². The largest absolute Gasteiger partial charge is 0.475 e.